The molecule has 0 aliphatic carbocycles. The van der Waals surface area contributed by atoms with Crippen LogP contribution in [-0.4, -0.2) is 37.1 Å². The Hall–Kier alpha value is -0.230. The fourth-order valence-corrected chi connectivity index (χ4v) is 4.72. The van der Waals surface area contributed by atoms with Crippen molar-refractivity contribution in [3.05, 3.63) is 12.7 Å². The van der Waals surface area contributed by atoms with E-state index in [1.165, 1.54) is 0 Å². The van der Waals surface area contributed by atoms with Crippen molar-refractivity contribution in [3.63, 3.8) is 0 Å². The third kappa shape index (κ3) is 2.88. The van der Waals surface area contributed by atoms with Gasteiger partial charge < -0.3 is 0 Å². The van der Waals surface area contributed by atoms with Gasteiger partial charge in [0, 0.05) is 0 Å². The van der Waals surface area contributed by atoms with Crippen molar-refractivity contribution >= 4 is 13.5 Å². The summed E-state index contributed by atoms with van der Waals surface area (Å²) in [6.45, 7) is 12.3. The summed E-state index contributed by atoms with van der Waals surface area (Å²) in [6, 6.07) is 0. The molecule has 0 saturated heterocycles. The van der Waals surface area contributed by atoms with Crippen LogP contribution in [0.1, 0.15) is 20.3 Å². The Morgan fingerprint density at radius 3 is 2.36 bits per heavy atom. The molecule has 0 heterocycles. The van der Waals surface area contributed by atoms with E-state index in [4.69, 9.17) is 0 Å². The normalized spacial score (nSPS) is 19.5. The molecule has 2 unspecified atom stereocenters. The SMILES string of the molecule is C=CC(C)(CC)[PH](C)(C)CC(F)C=O. The van der Waals surface area contributed by atoms with Crippen LogP contribution in [0, 0.1) is 0 Å². The predicted molar refractivity (Wildman–Crippen MR) is 64.9 cm³/mol. The zero-order chi connectivity index (χ0) is 11.4. The molecular weight excluding hydrogens is 198 g/mol. The quantitative estimate of drug-likeness (QED) is 0.382. The Bertz CT molecular complexity index is 215. The molecular formula is C11H22FOP. The maximum atomic E-state index is 13.1. The van der Waals surface area contributed by atoms with Crippen LogP contribution in [0.4, 0.5) is 4.39 Å². The first kappa shape index (κ1) is 13.8. The zero-order valence-corrected chi connectivity index (χ0v) is 10.6. The summed E-state index contributed by atoms with van der Waals surface area (Å²) in [5, 5.41) is 0.0142. The molecule has 0 rings (SSSR count). The molecule has 84 valence electrons. The number of allylic oxidation sites excluding steroid dienone is 1. The molecule has 0 aromatic rings. The number of carbonyl (C=O) groups excluding carboxylic acids is 1. The van der Waals surface area contributed by atoms with Crippen LogP contribution in [0.2, 0.25) is 0 Å². The monoisotopic (exact) mass is 220 g/mol. The van der Waals surface area contributed by atoms with E-state index >= 15 is 0 Å². The number of halogens is 1. The number of hydrogen-bond acceptors (Lipinski definition) is 1. The van der Waals surface area contributed by atoms with Crippen LogP contribution < -0.4 is 0 Å². The van der Waals surface area contributed by atoms with Crippen LogP contribution in [0.25, 0.3) is 0 Å². The van der Waals surface area contributed by atoms with Gasteiger partial charge in [-0.2, -0.15) is 0 Å². The number of rotatable bonds is 6. The summed E-state index contributed by atoms with van der Waals surface area (Å²) in [5.41, 5.74) is 0. The molecule has 0 N–H and O–H groups in total. The first-order valence-electron chi connectivity index (χ1n) is 5.06. The van der Waals surface area contributed by atoms with Crippen LogP contribution in [0.15, 0.2) is 12.7 Å². The van der Waals surface area contributed by atoms with Gasteiger partial charge in [0.25, 0.3) is 0 Å². The van der Waals surface area contributed by atoms with Gasteiger partial charge >= 0.3 is 86.5 Å². The van der Waals surface area contributed by atoms with Gasteiger partial charge in [0.2, 0.25) is 0 Å². The summed E-state index contributed by atoms with van der Waals surface area (Å²) < 4.78 is 13.1. The van der Waals surface area contributed by atoms with Gasteiger partial charge in [0.15, 0.2) is 0 Å². The third-order valence-electron chi connectivity index (χ3n) is 3.58. The molecule has 0 radical (unpaired) electrons. The molecule has 0 amide bonds. The average Bonchev–Trinajstić information content (AvgIpc) is 2.15. The molecule has 0 aromatic carbocycles. The van der Waals surface area contributed by atoms with Gasteiger partial charge in [-0.25, -0.2) is 0 Å². The molecule has 0 aliphatic rings. The number of carbonyl (C=O) groups is 1. The Kier molecular flexibility index (Phi) is 4.94. The van der Waals surface area contributed by atoms with E-state index in [1.807, 2.05) is 6.08 Å². The number of hydrogen-bond donors (Lipinski definition) is 0. The topological polar surface area (TPSA) is 17.1 Å². The molecule has 0 aliphatic heterocycles. The van der Waals surface area contributed by atoms with Gasteiger partial charge in [-0.15, -0.1) is 0 Å². The minimum atomic E-state index is -1.77. The van der Waals surface area contributed by atoms with Gasteiger partial charge in [-0.05, 0) is 0 Å². The van der Waals surface area contributed by atoms with Crippen molar-refractivity contribution in [3.8, 4) is 0 Å². The standard InChI is InChI=1S/C11H22FOP/c1-6-11(3,7-2)14(4,5)9-10(12)8-13/h6,8,10,14H,1,7,9H2,2-5H3. The molecule has 0 saturated carbocycles. The molecule has 0 fully saturated rings. The van der Waals surface area contributed by atoms with Crippen LogP contribution in [0.5, 0.6) is 0 Å². The second kappa shape index (κ2) is 5.02. The minimum absolute atomic E-state index is 0.0142. The third-order valence-corrected chi connectivity index (χ3v) is 8.64. The molecule has 0 spiro atoms. The van der Waals surface area contributed by atoms with E-state index in [9.17, 15) is 9.18 Å². The van der Waals surface area contributed by atoms with Gasteiger partial charge in [0.05, 0.1) is 0 Å². The van der Waals surface area contributed by atoms with Crippen molar-refractivity contribution in [2.75, 3.05) is 19.5 Å². The van der Waals surface area contributed by atoms with E-state index in [-0.39, 0.29) is 5.16 Å². The van der Waals surface area contributed by atoms with Crippen LogP contribution in [-0.2, 0) is 4.79 Å². The Labute approximate surface area is 87.1 Å². The molecule has 2 atom stereocenters. The van der Waals surface area contributed by atoms with Crippen LogP contribution in [0.3, 0.4) is 0 Å². The molecule has 14 heavy (non-hydrogen) atoms. The second-order valence-electron chi connectivity index (χ2n) is 4.72. The molecule has 1 nitrogen and oxygen atoms in total. The van der Waals surface area contributed by atoms with E-state index < -0.39 is 13.4 Å². The number of aldehydes is 1. The predicted octanol–water partition coefficient (Wildman–Crippen LogP) is 2.89. The average molecular weight is 220 g/mol. The van der Waals surface area contributed by atoms with Crippen molar-refractivity contribution in [1.29, 1.82) is 0 Å². The first-order valence-corrected chi connectivity index (χ1v) is 8.26. The van der Waals surface area contributed by atoms with E-state index in [2.05, 4.69) is 33.8 Å². The second-order valence-corrected chi connectivity index (χ2v) is 10.0. The zero-order valence-electron chi connectivity index (χ0n) is 9.64. The van der Waals surface area contributed by atoms with E-state index in [1.54, 1.807) is 0 Å². The maximum absolute atomic E-state index is 13.1. The summed E-state index contributed by atoms with van der Waals surface area (Å²) in [5.74, 6) is 0. The van der Waals surface area contributed by atoms with Crippen molar-refractivity contribution in [2.45, 2.75) is 31.6 Å². The Morgan fingerprint density at radius 1 is 1.57 bits per heavy atom. The van der Waals surface area contributed by atoms with Crippen molar-refractivity contribution < 1.29 is 9.18 Å². The fourth-order valence-electron chi connectivity index (χ4n) is 1.67. The van der Waals surface area contributed by atoms with E-state index in [0.717, 1.165) is 6.42 Å². The van der Waals surface area contributed by atoms with Crippen LogP contribution >= 0.6 is 7.26 Å². The molecule has 0 aromatic heterocycles. The Morgan fingerprint density at radius 2 is 2.07 bits per heavy atom. The summed E-state index contributed by atoms with van der Waals surface area (Å²) in [6.07, 6.45) is 2.39. The molecule has 3 heteroatoms. The summed E-state index contributed by atoms with van der Waals surface area (Å²) in [7, 11) is -1.77. The number of alkyl halides is 1. The summed E-state index contributed by atoms with van der Waals surface area (Å²) in [4.78, 5) is 10.3. The van der Waals surface area contributed by atoms with Crippen molar-refractivity contribution in [1.82, 2.24) is 0 Å². The fraction of sp³-hybridized carbons (Fsp3) is 0.727. The van der Waals surface area contributed by atoms with E-state index in [0.29, 0.717) is 12.4 Å². The van der Waals surface area contributed by atoms with Gasteiger partial charge in [0.1, 0.15) is 0 Å². The summed E-state index contributed by atoms with van der Waals surface area (Å²) >= 11 is 0. The Balaban J connectivity index is 4.73. The first-order chi connectivity index (χ1) is 6.33. The van der Waals surface area contributed by atoms with Crippen molar-refractivity contribution in [2.24, 2.45) is 0 Å². The molecule has 0 bridgehead atoms. The van der Waals surface area contributed by atoms with Gasteiger partial charge in [-0.1, -0.05) is 0 Å². The van der Waals surface area contributed by atoms with Gasteiger partial charge in [-0.3, -0.25) is 0 Å².